The fourth-order valence-corrected chi connectivity index (χ4v) is 3.90. The lowest BCUT2D eigenvalue weighted by molar-refractivity contribution is -0.141. The number of aromatic nitrogens is 3. The van der Waals surface area contributed by atoms with Gasteiger partial charge in [0.2, 0.25) is 5.91 Å². The number of nitrogens with one attached hydrogen (secondary N) is 1. The smallest absolute Gasteiger partial charge is 0.378 e. The van der Waals surface area contributed by atoms with Crippen LogP contribution in [0, 0.1) is 5.92 Å². The molecule has 182 valence electrons. The Kier molecular flexibility index (Phi) is 6.96. The minimum Gasteiger partial charge on any atom is -0.378 e. The Labute approximate surface area is 194 Å². The Bertz CT molecular complexity index is 1090. The minimum absolute atomic E-state index is 0.0000803. The Morgan fingerprint density at radius 3 is 2.68 bits per heavy atom. The molecule has 1 unspecified atom stereocenters. The zero-order valence-corrected chi connectivity index (χ0v) is 19.0. The quantitative estimate of drug-likeness (QED) is 0.668. The van der Waals surface area contributed by atoms with E-state index in [9.17, 15) is 18.0 Å². The van der Waals surface area contributed by atoms with Gasteiger partial charge >= 0.3 is 6.18 Å². The molecular weight excluding hydrogens is 451 g/mol. The number of pyridine rings is 1. The van der Waals surface area contributed by atoms with Crippen LogP contribution in [0.15, 0.2) is 28.3 Å². The summed E-state index contributed by atoms with van der Waals surface area (Å²) in [5.41, 5.74) is -0.0348. The van der Waals surface area contributed by atoms with Crippen molar-refractivity contribution in [2.24, 2.45) is 15.9 Å². The van der Waals surface area contributed by atoms with Crippen LogP contribution in [0.4, 0.5) is 19.0 Å². The predicted octanol–water partition coefficient (Wildman–Crippen LogP) is 3.07. The van der Waals surface area contributed by atoms with E-state index in [4.69, 9.17) is 4.74 Å². The first-order chi connectivity index (χ1) is 16.3. The molecule has 1 fully saturated rings. The molecule has 2 aliphatic rings. The number of imidazole rings is 1. The molecule has 0 spiro atoms. The maximum Gasteiger partial charge on any atom is 0.433 e. The average molecular weight is 477 g/mol. The van der Waals surface area contributed by atoms with Crippen molar-refractivity contribution in [1.29, 1.82) is 0 Å². The van der Waals surface area contributed by atoms with Gasteiger partial charge in [0.15, 0.2) is 11.5 Å². The second-order valence-corrected chi connectivity index (χ2v) is 7.85. The molecule has 0 aromatic carbocycles. The number of hydrogen-bond donors (Lipinski definition) is 1. The van der Waals surface area contributed by atoms with Crippen LogP contribution in [-0.4, -0.2) is 70.4 Å². The molecule has 2 aliphatic heterocycles. The second-order valence-electron chi connectivity index (χ2n) is 7.85. The van der Waals surface area contributed by atoms with Gasteiger partial charge in [-0.3, -0.25) is 9.78 Å². The van der Waals surface area contributed by atoms with Crippen LogP contribution in [0.3, 0.4) is 0 Å². The van der Waals surface area contributed by atoms with Crippen molar-refractivity contribution >= 4 is 23.8 Å². The summed E-state index contributed by atoms with van der Waals surface area (Å²) in [5, 5.41) is 3.16. The Morgan fingerprint density at radius 2 is 2.06 bits per heavy atom. The molecule has 9 nitrogen and oxygen atoms in total. The lowest BCUT2D eigenvalue weighted by Crippen LogP contribution is -2.44. The molecule has 0 aliphatic carbocycles. The number of rotatable bonds is 5. The van der Waals surface area contributed by atoms with Crippen molar-refractivity contribution < 1.29 is 22.7 Å². The highest BCUT2D eigenvalue weighted by Gasteiger charge is 2.32. The number of ether oxygens (including phenoxy) is 1. The van der Waals surface area contributed by atoms with E-state index in [1.807, 2.05) is 18.4 Å². The average Bonchev–Trinajstić information content (AvgIpc) is 3.23. The number of carbonyl (C=O) groups excluding carboxylic acids is 1. The van der Waals surface area contributed by atoms with E-state index >= 15 is 0 Å². The predicted molar refractivity (Wildman–Crippen MR) is 121 cm³/mol. The Morgan fingerprint density at radius 1 is 1.29 bits per heavy atom. The standard InChI is InChI=1S/C22H26F3N7O2/c1-3-14(21(33)31-7-9-34-10-8-31)11-27-18-17-20(29-13-28-18)32(4-2)19(30-17)15-5-6-16(26-12-15)22(23,24)25/h5-6,11-12,14,29H,3-4,7-10,13H2,1-2H3. The molecule has 2 aromatic heterocycles. The number of amidine groups is 1. The summed E-state index contributed by atoms with van der Waals surface area (Å²) in [6.45, 7) is 6.79. The van der Waals surface area contributed by atoms with Crippen LogP contribution in [-0.2, 0) is 22.3 Å². The molecule has 34 heavy (non-hydrogen) atoms. The Hall–Kier alpha value is -3.28. The third-order valence-electron chi connectivity index (χ3n) is 5.74. The van der Waals surface area contributed by atoms with Crippen molar-refractivity contribution in [2.75, 3.05) is 38.3 Å². The largest absolute Gasteiger partial charge is 0.433 e. The van der Waals surface area contributed by atoms with Gasteiger partial charge in [-0.25, -0.2) is 15.0 Å². The number of halogens is 3. The number of alkyl halides is 3. The SMILES string of the molecule is CCC(C=NC1=NCNc2c1nc(-c1ccc(C(F)(F)F)nc1)n2CC)C(=O)N1CCOCC1. The molecular formula is C22H26F3N7O2. The van der Waals surface area contributed by atoms with Crippen LogP contribution >= 0.6 is 0 Å². The van der Waals surface area contributed by atoms with Crippen molar-refractivity contribution in [1.82, 2.24) is 19.4 Å². The zero-order chi connectivity index (χ0) is 24.3. The van der Waals surface area contributed by atoms with E-state index in [1.54, 1.807) is 11.1 Å². The summed E-state index contributed by atoms with van der Waals surface area (Å²) in [7, 11) is 0. The monoisotopic (exact) mass is 477 g/mol. The number of amides is 1. The first kappa shape index (κ1) is 23.9. The summed E-state index contributed by atoms with van der Waals surface area (Å²) < 4.78 is 45.9. The van der Waals surface area contributed by atoms with Gasteiger partial charge in [0.25, 0.3) is 0 Å². The number of carbonyl (C=O) groups is 1. The van der Waals surface area contributed by atoms with Gasteiger partial charge in [0, 0.05) is 37.6 Å². The van der Waals surface area contributed by atoms with E-state index in [0.29, 0.717) is 68.0 Å². The summed E-state index contributed by atoms with van der Waals surface area (Å²) in [6, 6.07) is 2.29. The van der Waals surface area contributed by atoms with Gasteiger partial charge in [-0.1, -0.05) is 6.92 Å². The van der Waals surface area contributed by atoms with Crippen LogP contribution in [0.1, 0.15) is 31.7 Å². The highest BCUT2D eigenvalue weighted by atomic mass is 19.4. The molecule has 12 heteroatoms. The van der Waals surface area contributed by atoms with E-state index in [2.05, 4.69) is 25.3 Å². The normalized spacial score (nSPS) is 17.3. The number of aliphatic imine (C=N–C) groups is 2. The van der Waals surface area contributed by atoms with Gasteiger partial charge in [-0.2, -0.15) is 13.2 Å². The van der Waals surface area contributed by atoms with Gasteiger partial charge in [-0.05, 0) is 25.5 Å². The molecule has 0 bridgehead atoms. The van der Waals surface area contributed by atoms with Crippen LogP contribution < -0.4 is 5.32 Å². The third-order valence-corrected chi connectivity index (χ3v) is 5.74. The molecule has 0 saturated carbocycles. The van der Waals surface area contributed by atoms with E-state index < -0.39 is 17.8 Å². The fraction of sp³-hybridized carbons (Fsp3) is 0.500. The van der Waals surface area contributed by atoms with Gasteiger partial charge in [-0.15, -0.1) is 0 Å². The van der Waals surface area contributed by atoms with Crippen LogP contribution in [0.25, 0.3) is 11.4 Å². The summed E-state index contributed by atoms with van der Waals surface area (Å²) >= 11 is 0. The molecule has 4 rings (SSSR count). The maximum absolute atomic E-state index is 12.9. The van der Waals surface area contributed by atoms with Gasteiger partial charge in [0.05, 0.1) is 19.1 Å². The molecule has 4 heterocycles. The summed E-state index contributed by atoms with van der Waals surface area (Å²) in [4.78, 5) is 31.7. The number of fused-ring (bicyclic) bond motifs is 1. The van der Waals surface area contributed by atoms with E-state index in [1.165, 1.54) is 6.07 Å². The van der Waals surface area contributed by atoms with Gasteiger partial charge in [0.1, 0.15) is 24.0 Å². The van der Waals surface area contributed by atoms with E-state index in [-0.39, 0.29) is 12.6 Å². The molecule has 1 saturated heterocycles. The zero-order valence-electron chi connectivity index (χ0n) is 19.0. The maximum atomic E-state index is 12.9. The van der Waals surface area contributed by atoms with E-state index in [0.717, 1.165) is 12.3 Å². The van der Waals surface area contributed by atoms with Crippen molar-refractivity contribution in [2.45, 2.75) is 33.0 Å². The Balaban J connectivity index is 1.60. The third kappa shape index (κ3) is 4.81. The number of hydrogen-bond acceptors (Lipinski definition) is 7. The first-order valence-corrected chi connectivity index (χ1v) is 11.2. The minimum atomic E-state index is -4.51. The molecule has 1 N–H and O–H groups in total. The molecule has 1 atom stereocenters. The molecule has 2 aromatic rings. The number of morpholine rings is 1. The molecule has 0 radical (unpaired) electrons. The van der Waals surface area contributed by atoms with Crippen molar-refractivity contribution in [3.8, 4) is 11.4 Å². The molecule has 1 amide bonds. The van der Waals surface area contributed by atoms with Gasteiger partial charge < -0.3 is 19.5 Å². The van der Waals surface area contributed by atoms with Crippen LogP contribution in [0.5, 0.6) is 0 Å². The lowest BCUT2D eigenvalue weighted by Gasteiger charge is -2.29. The van der Waals surface area contributed by atoms with Crippen molar-refractivity contribution in [3.63, 3.8) is 0 Å². The van der Waals surface area contributed by atoms with Crippen LogP contribution in [0.2, 0.25) is 0 Å². The topological polar surface area (TPSA) is 97.0 Å². The number of nitrogens with zero attached hydrogens (tertiary/aromatic N) is 6. The lowest BCUT2D eigenvalue weighted by atomic mass is 10.1. The summed E-state index contributed by atoms with van der Waals surface area (Å²) in [5.74, 6) is 1.11. The fourth-order valence-electron chi connectivity index (χ4n) is 3.90. The highest BCUT2D eigenvalue weighted by Crippen LogP contribution is 2.31. The second kappa shape index (κ2) is 9.92. The number of anilines is 1. The highest BCUT2D eigenvalue weighted by molar-refractivity contribution is 6.08. The van der Waals surface area contributed by atoms with Crippen molar-refractivity contribution in [3.05, 3.63) is 29.7 Å². The first-order valence-electron chi connectivity index (χ1n) is 11.2. The summed E-state index contributed by atoms with van der Waals surface area (Å²) in [6.07, 6.45) is -1.15.